The van der Waals surface area contributed by atoms with Crippen LogP contribution in [-0.4, -0.2) is 95.0 Å². The molecule has 11 nitrogen and oxygen atoms in total. The smallest absolute Gasteiger partial charge is 0.425 e. The van der Waals surface area contributed by atoms with E-state index in [-0.39, 0.29) is 37.9 Å². The minimum absolute atomic E-state index is 0.122. The average molecular weight is 658 g/mol. The Hall–Kier alpha value is -4.41. The largest absolute Gasteiger partial charge is 0.497 e. The first-order valence-electron chi connectivity index (χ1n) is 14.2. The number of methoxy groups -OCH3 is 1. The number of hydrogen-bond acceptors (Lipinski definition) is 9. The van der Waals surface area contributed by atoms with Crippen molar-refractivity contribution < 1.29 is 40.6 Å². The summed E-state index contributed by atoms with van der Waals surface area (Å²) in [6.45, 7) is 3.12. The highest BCUT2D eigenvalue weighted by molar-refractivity contribution is 5.76. The van der Waals surface area contributed by atoms with Gasteiger partial charge in [0.25, 0.3) is 5.56 Å². The van der Waals surface area contributed by atoms with Gasteiger partial charge in [-0.25, -0.2) is 14.6 Å². The van der Waals surface area contributed by atoms with E-state index in [1.165, 1.54) is 7.11 Å². The zero-order valence-corrected chi connectivity index (χ0v) is 25.3. The Morgan fingerprint density at radius 3 is 2.17 bits per heavy atom. The Morgan fingerprint density at radius 2 is 1.61 bits per heavy atom. The van der Waals surface area contributed by atoms with Gasteiger partial charge in [-0.1, -0.05) is 12.1 Å². The topological polar surface area (TPSA) is 106 Å². The van der Waals surface area contributed by atoms with Crippen molar-refractivity contribution in [2.75, 3.05) is 58.3 Å². The van der Waals surface area contributed by atoms with Gasteiger partial charge in [0.2, 0.25) is 11.9 Å². The highest BCUT2D eigenvalue weighted by atomic mass is 19.4. The molecule has 46 heavy (non-hydrogen) atoms. The predicted octanol–water partition coefficient (Wildman–Crippen LogP) is 3.57. The van der Waals surface area contributed by atoms with Crippen molar-refractivity contribution in [3.63, 3.8) is 0 Å². The van der Waals surface area contributed by atoms with Gasteiger partial charge >= 0.3 is 12.4 Å². The highest BCUT2D eigenvalue weighted by Gasteiger charge is 2.39. The van der Waals surface area contributed by atoms with E-state index in [2.05, 4.69) is 15.1 Å². The standard InChI is InChI=1S/C29H33F6N7O4/c1-19(46-23-16-38-42(26(44)25(23)29(33,34)35)18-20-4-6-22(45-3)7-5-20)17-39(2)9-8-24(43)40-10-12-41(13-11-40)27-36-14-21(15-37-27)28(30,31)32/h4-7,14-16,19H,8-13,17-18H2,1-3H3. The Kier molecular flexibility index (Phi) is 10.7. The molecule has 3 heterocycles. The summed E-state index contributed by atoms with van der Waals surface area (Å²) in [5.74, 6) is -0.139. The zero-order chi connectivity index (χ0) is 33.6. The molecule has 250 valence electrons. The molecule has 4 rings (SSSR count). The van der Waals surface area contributed by atoms with E-state index in [1.807, 2.05) is 0 Å². The van der Waals surface area contributed by atoms with Gasteiger partial charge in [0.05, 0.1) is 25.4 Å². The molecule has 1 aliphatic rings. The van der Waals surface area contributed by atoms with Gasteiger partial charge in [-0.2, -0.15) is 31.4 Å². The van der Waals surface area contributed by atoms with Crippen LogP contribution in [0.4, 0.5) is 32.3 Å². The van der Waals surface area contributed by atoms with Gasteiger partial charge in [-0.05, 0) is 31.7 Å². The molecule has 1 aliphatic heterocycles. The number of halogens is 6. The third-order valence-electron chi connectivity index (χ3n) is 7.27. The van der Waals surface area contributed by atoms with E-state index in [0.29, 0.717) is 37.5 Å². The number of benzene rings is 1. The number of alkyl halides is 6. The second-order valence-electron chi connectivity index (χ2n) is 10.8. The van der Waals surface area contributed by atoms with Crippen molar-refractivity contribution >= 4 is 11.9 Å². The van der Waals surface area contributed by atoms with E-state index in [0.717, 1.165) is 23.3 Å². The van der Waals surface area contributed by atoms with Crippen LogP contribution >= 0.6 is 0 Å². The van der Waals surface area contributed by atoms with Gasteiger partial charge in [0.15, 0.2) is 11.3 Å². The lowest BCUT2D eigenvalue weighted by atomic mass is 10.2. The van der Waals surface area contributed by atoms with Crippen LogP contribution in [0.1, 0.15) is 30.0 Å². The van der Waals surface area contributed by atoms with Crippen LogP contribution < -0.4 is 19.9 Å². The first-order chi connectivity index (χ1) is 21.7. The number of ether oxygens (including phenoxy) is 2. The minimum Gasteiger partial charge on any atom is -0.497 e. The summed E-state index contributed by atoms with van der Waals surface area (Å²) in [5.41, 5.74) is -3.19. The number of anilines is 1. The Labute approximate surface area is 260 Å². The number of carbonyl (C=O) groups is 1. The van der Waals surface area contributed by atoms with Crippen LogP contribution in [0.2, 0.25) is 0 Å². The molecule has 1 atom stereocenters. The van der Waals surface area contributed by atoms with Crippen molar-refractivity contribution in [2.45, 2.75) is 38.3 Å². The molecule has 17 heteroatoms. The maximum Gasteiger partial charge on any atom is 0.425 e. The molecular formula is C29H33F6N7O4. The number of carbonyl (C=O) groups excluding carboxylic acids is 1. The van der Waals surface area contributed by atoms with Gasteiger partial charge in [-0.15, -0.1) is 0 Å². The van der Waals surface area contributed by atoms with E-state index in [9.17, 15) is 35.9 Å². The average Bonchev–Trinajstić information content (AvgIpc) is 3.00. The molecule has 0 N–H and O–H groups in total. The van der Waals surface area contributed by atoms with Gasteiger partial charge in [-0.3, -0.25) is 9.59 Å². The number of piperazine rings is 1. The summed E-state index contributed by atoms with van der Waals surface area (Å²) in [7, 11) is 3.16. The van der Waals surface area contributed by atoms with Crippen LogP contribution in [0.25, 0.3) is 0 Å². The van der Waals surface area contributed by atoms with Crippen LogP contribution in [0.5, 0.6) is 11.5 Å². The lowest BCUT2D eigenvalue weighted by molar-refractivity contribution is -0.141. The van der Waals surface area contributed by atoms with Gasteiger partial charge in [0.1, 0.15) is 11.9 Å². The van der Waals surface area contributed by atoms with E-state index in [1.54, 1.807) is 52.9 Å². The summed E-state index contributed by atoms with van der Waals surface area (Å²) in [6, 6.07) is 6.48. The fourth-order valence-electron chi connectivity index (χ4n) is 4.86. The van der Waals surface area contributed by atoms with Crippen molar-refractivity contribution in [1.82, 2.24) is 29.5 Å². The molecule has 1 unspecified atom stereocenters. The molecule has 1 aromatic carbocycles. The molecule has 0 radical (unpaired) electrons. The molecule has 0 spiro atoms. The summed E-state index contributed by atoms with van der Waals surface area (Å²) >= 11 is 0. The normalized spacial score (nSPS) is 14.8. The van der Waals surface area contributed by atoms with Crippen molar-refractivity contribution in [3.05, 3.63) is 69.9 Å². The van der Waals surface area contributed by atoms with Crippen molar-refractivity contribution in [3.8, 4) is 11.5 Å². The maximum atomic E-state index is 14.0. The van der Waals surface area contributed by atoms with Crippen LogP contribution in [-0.2, 0) is 23.7 Å². The van der Waals surface area contributed by atoms with Crippen molar-refractivity contribution in [1.29, 1.82) is 0 Å². The molecule has 1 fully saturated rings. The maximum absolute atomic E-state index is 14.0. The monoisotopic (exact) mass is 657 g/mol. The first-order valence-corrected chi connectivity index (χ1v) is 14.2. The lowest BCUT2D eigenvalue weighted by Crippen LogP contribution is -2.49. The number of aromatic nitrogens is 4. The number of amides is 1. The van der Waals surface area contributed by atoms with E-state index < -0.39 is 40.9 Å². The third kappa shape index (κ3) is 8.86. The van der Waals surface area contributed by atoms with Crippen molar-refractivity contribution in [2.24, 2.45) is 0 Å². The summed E-state index contributed by atoms with van der Waals surface area (Å²) in [5, 5.41) is 3.90. The third-order valence-corrected chi connectivity index (χ3v) is 7.27. The zero-order valence-electron chi connectivity index (χ0n) is 25.3. The lowest BCUT2D eigenvalue weighted by Gasteiger charge is -2.35. The van der Waals surface area contributed by atoms with Crippen LogP contribution in [0.15, 0.2) is 47.7 Å². The summed E-state index contributed by atoms with van der Waals surface area (Å²) in [6.07, 6.45) is -7.87. The van der Waals surface area contributed by atoms with E-state index >= 15 is 0 Å². The fraction of sp³-hybridized carbons (Fsp3) is 0.483. The summed E-state index contributed by atoms with van der Waals surface area (Å²) in [4.78, 5) is 38.2. The molecule has 3 aromatic rings. The molecule has 0 saturated carbocycles. The number of rotatable bonds is 11. The van der Waals surface area contributed by atoms with E-state index in [4.69, 9.17) is 9.47 Å². The molecule has 2 aromatic heterocycles. The molecule has 0 aliphatic carbocycles. The minimum atomic E-state index is -4.99. The second-order valence-corrected chi connectivity index (χ2v) is 10.8. The molecule has 1 amide bonds. The Balaban J connectivity index is 1.28. The summed E-state index contributed by atoms with van der Waals surface area (Å²) < 4.78 is 91.5. The van der Waals surface area contributed by atoms with Crippen LogP contribution in [0.3, 0.4) is 0 Å². The quantitative estimate of drug-likeness (QED) is 0.286. The fourth-order valence-corrected chi connectivity index (χ4v) is 4.86. The predicted molar refractivity (Wildman–Crippen MR) is 154 cm³/mol. The number of hydrogen-bond donors (Lipinski definition) is 0. The second kappa shape index (κ2) is 14.3. The van der Waals surface area contributed by atoms with Crippen LogP contribution in [0, 0.1) is 0 Å². The SMILES string of the molecule is COc1ccc(Cn2ncc(OC(C)CN(C)CCC(=O)N3CCN(c4ncc(C(F)(F)F)cn4)CC3)c(C(F)(F)F)c2=O)cc1. The van der Waals surface area contributed by atoms with Gasteiger partial charge in [0, 0.05) is 58.1 Å². The highest BCUT2D eigenvalue weighted by Crippen LogP contribution is 2.33. The Bertz CT molecular complexity index is 1520. The molecule has 0 bridgehead atoms. The first kappa shape index (κ1) is 34.5. The number of nitrogens with zero attached hydrogens (tertiary/aromatic N) is 7. The Morgan fingerprint density at radius 1 is 0.978 bits per heavy atom. The van der Waals surface area contributed by atoms with Gasteiger partial charge < -0.3 is 24.2 Å². The number of likely N-dealkylation sites (N-methyl/N-ethyl adjacent to an activating group) is 1. The molecular weight excluding hydrogens is 624 g/mol. The molecule has 1 saturated heterocycles.